The third-order valence-electron chi connectivity index (χ3n) is 1.84. The van der Waals surface area contributed by atoms with Gasteiger partial charge < -0.3 is 0 Å². The summed E-state index contributed by atoms with van der Waals surface area (Å²) in [5.41, 5.74) is -4.37. The van der Waals surface area contributed by atoms with Gasteiger partial charge in [0.15, 0.2) is 0 Å². The van der Waals surface area contributed by atoms with Gasteiger partial charge in [0.2, 0.25) is 10.0 Å². The lowest BCUT2D eigenvalue weighted by Crippen LogP contribution is -2.27. The molecule has 0 aliphatic rings. The van der Waals surface area contributed by atoms with Crippen molar-refractivity contribution >= 4 is 49.3 Å². The van der Waals surface area contributed by atoms with Crippen LogP contribution in [0.1, 0.15) is 0 Å². The SMILES string of the molecule is O=S(=O)(NCCSC(F)(F)F)c1ccc(Br)cc1Cl. The van der Waals surface area contributed by atoms with Gasteiger partial charge in [-0.25, -0.2) is 13.1 Å². The van der Waals surface area contributed by atoms with Crippen LogP contribution in [0.3, 0.4) is 0 Å². The van der Waals surface area contributed by atoms with Crippen molar-refractivity contribution in [3.05, 3.63) is 27.7 Å². The molecule has 19 heavy (non-hydrogen) atoms. The van der Waals surface area contributed by atoms with E-state index >= 15 is 0 Å². The van der Waals surface area contributed by atoms with E-state index in [1.807, 2.05) is 0 Å². The minimum absolute atomic E-state index is 0.00894. The molecule has 0 saturated carbocycles. The van der Waals surface area contributed by atoms with Gasteiger partial charge in [-0.15, -0.1) is 0 Å². The van der Waals surface area contributed by atoms with Gasteiger partial charge in [0.1, 0.15) is 4.90 Å². The molecule has 0 amide bonds. The number of sulfonamides is 1. The number of hydrogen-bond acceptors (Lipinski definition) is 3. The van der Waals surface area contributed by atoms with Crippen molar-refractivity contribution in [2.45, 2.75) is 10.4 Å². The summed E-state index contributed by atoms with van der Waals surface area (Å²) in [4.78, 5) is -0.172. The first-order chi connectivity index (χ1) is 8.62. The number of alkyl halides is 3. The molecular formula is C9H8BrClF3NO2S2. The molecule has 0 bridgehead atoms. The van der Waals surface area contributed by atoms with Crippen LogP contribution < -0.4 is 4.72 Å². The standard InChI is InChI=1S/C9H8BrClF3NO2S2/c10-6-1-2-8(7(11)5-6)19(16,17)15-3-4-18-9(12,13)14/h1-2,5,15H,3-4H2. The zero-order chi connectivity index (χ0) is 14.7. The van der Waals surface area contributed by atoms with Gasteiger partial charge in [-0.3, -0.25) is 0 Å². The second-order valence-electron chi connectivity index (χ2n) is 3.27. The highest BCUT2D eigenvalue weighted by atomic mass is 79.9. The minimum atomic E-state index is -4.37. The van der Waals surface area contributed by atoms with Crippen LogP contribution in [0.2, 0.25) is 5.02 Å². The topological polar surface area (TPSA) is 46.2 Å². The van der Waals surface area contributed by atoms with Gasteiger partial charge in [-0.2, -0.15) is 13.2 Å². The van der Waals surface area contributed by atoms with E-state index in [9.17, 15) is 21.6 Å². The Morgan fingerprint density at radius 1 is 1.37 bits per heavy atom. The van der Waals surface area contributed by atoms with Crippen molar-refractivity contribution < 1.29 is 21.6 Å². The average Bonchev–Trinajstić information content (AvgIpc) is 2.22. The number of rotatable bonds is 5. The first-order valence-corrected chi connectivity index (χ1v) is 8.41. The lowest BCUT2D eigenvalue weighted by Gasteiger charge is -2.09. The highest BCUT2D eigenvalue weighted by Gasteiger charge is 2.28. The molecule has 10 heteroatoms. The van der Waals surface area contributed by atoms with Crippen molar-refractivity contribution in [2.24, 2.45) is 0 Å². The van der Waals surface area contributed by atoms with Crippen molar-refractivity contribution in [1.29, 1.82) is 0 Å². The Labute approximate surface area is 126 Å². The Bertz CT molecular complexity index is 551. The number of halogens is 5. The first kappa shape index (κ1) is 17.1. The summed E-state index contributed by atoms with van der Waals surface area (Å²) >= 11 is 8.59. The lowest BCUT2D eigenvalue weighted by molar-refractivity contribution is -0.0327. The van der Waals surface area contributed by atoms with Crippen LogP contribution >= 0.6 is 39.3 Å². The van der Waals surface area contributed by atoms with Crippen LogP contribution in [-0.4, -0.2) is 26.2 Å². The molecule has 0 aliphatic heterocycles. The summed E-state index contributed by atoms with van der Waals surface area (Å²) in [7, 11) is -3.91. The van der Waals surface area contributed by atoms with Crippen molar-refractivity contribution in [3.8, 4) is 0 Å². The van der Waals surface area contributed by atoms with E-state index in [0.717, 1.165) is 0 Å². The molecule has 0 spiro atoms. The fourth-order valence-corrected chi connectivity index (χ4v) is 3.75. The second kappa shape index (κ2) is 6.66. The molecule has 3 nitrogen and oxygen atoms in total. The Balaban J connectivity index is 2.66. The quantitative estimate of drug-likeness (QED) is 0.771. The number of nitrogens with one attached hydrogen (secondary N) is 1. The van der Waals surface area contributed by atoms with Crippen LogP contribution in [0.5, 0.6) is 0 Å². The average molecular weight is 399 g/mol. The third kappa shape index (κ3) is 5.90. The lowest BCUT2D eigenvalue weighted by atomic mass is 10.4. The highest BCUT2D eigenvalue weighted by Crippen LogP contribution is 2.29. The number of benzene rings is 1. The van der Waals surface area contributed by atoms with E-state index in [4.69, 9.17) is 11.6 Å². The summed E-state index contributed by atoms with van der Waals surface area (Å²) < 4.78 is 61.8. The Kier molecular flexibility index (Phi) is 5.99. The normalized spacial score (nSPS) is 12.7. The molecular weight excluding hydrogens is 391 g/mol. The Morgan fingerprint density at radius 2 is 2.00 bits per heavy atom. The second-order valence-corrected chi connectivity index (χ2v) is 7.48. The molecule has 1 N–H and O–H groups in total. The zero-order valence-corrected chi connectivity index (χ0v) is 13.1. The number of hydrogen-bond donors (Lipinski definition) is 1. The van der Waals surface area contributed by atoms with Gasteiger partial charge in [0.25, 0.3) is 0 Å². The summed E-state index contributed by atoms with van der Waals surface area (Å²) in [6.07, 6.45) is 0. The maximum atomic E-state index is 11.9. The van der Waals surface area contributed by atoms with Gasteiger partial charge in [-0.1, -0.05) is 27.5 Å². The van der Waals surface area contributed by atoms with E-state index in [2.05, 4.69) is 20.7 Å². The smallest absolute Gasteiger partial charge is 0.210 e. The molecule has 0 atom stereocenters. The predicted molar refractivity (Wildman–Crippen MR) is 72.9 cm³/mol. The van der Waals surface area contributed by atoms with Crippen LogP contribution in [-0.2, 0) is 10.0 Å². The van der Waals surface area contributed by atoms with Gasteiger partial charge in [-0.05, 0) is 30.0 Å². The van der Waals surface area contributed by atoms with E-state index < -0.39 is 21.3 Å². The molecule has 0 unspecified atom stereocenters. The molecule has 108 valence electrons. The first-order valence-electron chi connectivity index (χ1n) is 4.77. The Hall–Kier alpha value is 0.0400. The van der Waals surface area contributed by atoms with E-state index in [-0.39, 0.29) is 28.2 Å². The van der Waals surface area contributed by atoms with E-state index in [1.165, 1.54) is 18.2 Å². The van der Waals surface area contributed by atoms with Crippen LogP contribution in [0.15, 0.2) is 27.6 Å². The number of thioether (sulfide) groups is 1. The molecule has 0 radical (unpaired) electrons. The van der Waals surface area contributed by atoms with Gasteiger partial charge >= 0.3 is 5.51 Å². The molecule has 0 aliphatic carbocycles. The molecule has 0 saturated heterocycles. The molecule has 1 aromatic carbocycles. The van der Waals surface area contributed by atoms with Crippen LogP contribution in [0.25, 0.3) is 0 Å². The van der Waals surface area contributed by atoms with Crippen molar-refractivity contribution in [2.75, 3.05) is 12.3 Å². The molecule has 0 heterocycles. The fourth-order valence-electron chi connectivity index (χ4n) is 1.11. The summed E-state index contributed by atoms with van der Waals surface area (Å²) in [6, 6.07) is 4.14. The fraction of sp³-hybridized carbons (Fsp3) is 0.333. The molecule has 0 aromatic heterocycles. The van der Waals surface area contributed by atoms with Gasteiger partial charge in [0, 0.05) is 16.8 Å². The monoisotopic (exact) mass is 397 g/mol. The highest BCUT2D eigenvalue weighted by molar-refractivity contribution is 9.10. The van der Waals surface area contributed by atoms with Crippen molar-refractivity contribution in [1.82, 2.24) is 4.72 Å². The maximum Gasteiger partial charge on any atom is 0.441 e. The van der Waals surface area contributed by atoms with E-state index in [1.54, 1.807) is 0 Å². The Morgan fingerprint density at radius 3 is 2.53 bits per heavy atom. The molecule has 1 aromatic rings. The van der Waals surface area contributed by atoms with Crippen molar-refractivity contribution in [3.63, 3.8) is 0 Å². The minimum Gasteiger partial charge on any atom is -0.210 e. The largest absolute Gasteiger partial charge is 0.441 e. The van der Waals surface area contributed by atoms with E-state index in [0.29, 0.717) is 4.47 Å². The predicted octanol–water partition coefficient (Wildman–Crippen LogP) is 3.63. The summed E-state index contributed by atoms with van der Waals surface area (Å²) in [6.45, 7) is -0.334. The molecule has 0 fully saturated rings. The molecule has 1 rings (SSSR count). The van der Waals surface area contributed by atoms with Gasteiger partial charge in [0.05, 0.1) is 5.02 Å². The maximum absolute atomic E-state index is 11.9. The zero-order valence-electron chi connectivity index (χ0n) is 9.17. The van der Waals surface area contributed by atoms with Crippen LogP contribution in [0.4, 0.5) is 13.2 Å². The summed E-state index contributed by atoms with van der Waals surface area (Å²) in [5, 5.41) is -0.00894. The van der Waals surface area contributed by atoms with Crippen LogP contribution in [0, 0.1) is 0 Å². The third-order valence-corrected chi connectivity index (χ3v) is 5.02. The summed E-state index contributed by atoms with van der Waals surface area (Å²) in [5.74, 6) is -0.406.